The number of hydrogen-bond acceptors (Lipinski definition) is 3. The smallest absolute Gasteiger partial charge is 0.127 e. The number of hydrogen-bond donors (Lipinski definition) is 1. The van der Waals surface area contributed by atoms with Gasteiger partial charge in [-0.3, -0.25) is 0 Å². The maximum atomic E-state index is 6.03. The summed E-state index contributed by atoms with van der Waals surface area (Å²) in [5.41, 5.74) is 2.57. The van der Waals surface area contributed by atoms with Crippen LogP contribution in [0.3, 0.4) is 0 Å². The lowest BCUT2D eigenvalue weighted by atomic mass is 10.1. The zero-order valence-electron chi connectivity index (χ0n) is 10.8. The van der Waals surface area contributed by atoms with Gasteiger partial charge in [0.05, 0.1) is 0 Å². The van der Waals surface area contributed by atoms with Crippen molar-refractivity contribution in [2.45, 2.75) is 32.5 Å². The lowest BCUT2D eigenvalue weighted by Gasteiger charge is -2.31. The maximum absolute atomic E-state index is 6.03. The SMILES string of the molecule is CO[C@H]1CNCC[C@H]1Oc1ccc(C)c(C)c1. The van der Waals surface area contributed by atoms with E-state index in [0.29, 0.717) is 0 Å². The van der Waals surface area contributed by atoms with E-state index >= 15 is 0 Å². The van der Waals surface area contributed by atoms with Crippen molar-refractivity contribution in [2.75, 3.05) is 20.2 Å². The van der Waals surface area contributed by atoms with E-state index in [0.717, 1.165) is 25.3 Å². The third-order valence-corrected chi connectivity index (χ3v) is 3.43. The lowest BCUT2D eigenvalue weighted by molar-refractivity contribution is -0.0141. The summed E-state index contributed by atoms with van der Waals surface area (Å²) < 4.78 is 11.5. The zero-order valence-corrected chi connectivity index (χ0v) is 10.8. The molecule has 1 fully saturated rings. The molecule has 1 heterocycles. The van der Waals surface area contributed by atoms with E-state index in [-0.39, 0.29) is 12.2 Å². The van der Waals surface area contributed by atoms with Crippen LogP contribution in [0.5, 0.6) is 5.75 Å². The highest BCUT2D eigenvalue weighted by Gasteiger charge is 2.26. The third-order valence-electron chi connectivity index (χ3n) is 3.43. The van der Waals surface area contributed by atoms with E-state index in [9.17, 15) is 0 Å². The Balaban J connectivity index is 2.05. The van der Waals surface area contributed by atoms with Crippen LogP contribution < -0.4 is 10.1 Å². The molecule has 0 saturated carbocycles. The molecule has 1 aliphatic rings. The summed E-state index contributed by atoms with van der Waals surface area (Å²) >= 11 is 0. The fourth-order valence-corrected chi connectivity index (χ4v) is 2.14. The van der Waals surface area contributed by atoms with Gasteiger partial charge in [0.25, 0.3) is 0 Å². The molecule has 0 aromatic heterocycles. The van der Waals surface area contributed by atoms with Gasteiger partial charge in [-0.2, -0.15) is 0 Å². The van der Waals surface area contributed by atoms with Crippen molar-refractivity contribution in [1.82, 2.24) is 5.32 Å². The van der Waals surface area contributed by atoms with Gasteiger partial charge in [0.1, 0.15) is 18.0 Å². The van der Waals surface area contributed by atoms with Gasteiger partial charge in [-0.05, 0) is 50.1 Å². The molecule has 1 aromatic rings. The van der Waals surface area contributed by atoms with Gasteiger partial charge in [0.15, 0.2) is 0 Å². The van der Waals surface area contributed by atoms with E-state index in [2.05, 4.69) is 31.3 Å². The summed E-state index contributed by atoms with van der Waals surface area (Å²) in [6.45, 7) is 6.08. The Morgan fingerprint density at radius 1 is 1.18 bits per heavy atom. The van der Waals surface area contributed by atoms with E-state index in [1.165, 1.54) is 11.1 Å². The molecule has 0 unspecified atom stereocenters. The molecule has 2 rings (SSSR count). The molecule has 94 valence electrons. The Morgan fingerprint density at radius 3 is 2.71 bits per heavy atom. The maximum Gasteiger partial charge on any atom is 0.127 e. The minimum absolute atomic E-state index is 0.144. The van der Waals surface area contributed by atoms with Gasteiger partial charge in [-0.15, -0.1) is 0 Å². The number of piperidine rings is 1. The second kappa shape index (κ2) is 5.52. The van der Waals surface area contributed by atoms with E-state index < -0.39 is 0 Å². The molecule has 0 radical (unpaired) electrons. The van der Waals surface area contributed by atoms with Gasteiger partial charge in [0.2, 0.25) is 0 Å². The standard InChI is InChI=1S/C14H21NO2/c1-10-4-5-12(8-11(10)2)17-13-6-7-15-9-14(13)16-3/h4-5,8,13-15H,6-7,9H2,1-3H3/t13-,14+/m1/s1. The summed E-state index contributed by atoms with van der Waals surface area (Å²) in [6, 6.07) is 6.24. The second-order valence-electron chi connectivity index (χ2n) is 4.67. The van der Waals surface area contributed by atoms with Crippen molar-refractivity contribution in [2.24, 2.45) is 0 Å². The third kappa shape index (κ3) is 2.99. The molecule has 1 aliphatic heterocycles. The number of methoxy groups -OCH3 is 1. The minimum atomic E-state index is 0.144. The van der Waals surface area contributed by atoms with Crippen LogP contribution in [-0.2, 0) is 4.74 Å². The first-order valence-corrected chi connectivity index (χ1v) is 6.18. The molecule has 1 saturated heterocycles. The summed E-state index contributed by atoms with van der Waals surface area (Å²) in [7, 11) is 1.74. The molecule has 0 aliphatic carbocycles. The first-order chi connectivity index (χ1) is 8.20. The normalized spacial score (nSPS) is 24.6. The van der Waals surface area contributed by atoms with Crippen molar-refractivity contribution in [3.05, 3.63) is 29.3 Å². The minimum Gasteiger partial charge on any atom is -0.488 e. The highest BCUT2D eigenvalue weighted by atomic mass is 16.5. The highest BCUT2D eigenvalue weighted by molar-refractivity contribution is 5.34. The molecule has 3 nitrogen and oxygen atoms in total. The highest BCUT2D eigenvalue weighted by Crippen LogP contribution is 2.21. The summed E-state index contributed by atoms with van der Waals surface area (Å²) in [5, 5.41) is 3.32. The topological polar surface area (TPSA) is 30.5 Å². The first-order valence-electron chi connectivity index (χ1n) is 6.18. The van der Waals surface area contributed by atoms with Crippen molar-refractivity contribution in [1.29, 1.82) is 0 Å². The molecular formula is C14H21NO2. The molecule has 17 heavy (non-hydrogen) atoms. The van der Waals surface area contributed by atoms with Crippen molar-refractivity contribution in [3.8, 4) is 5.75 Å². The van der Waals surface area contributed by atoms with E-state index in [1.54, 1.807) is 7.11 Å². The Bertz CT molecular complexity index is 378. The number of aryl methyl sites for hydroxylation is 2. The predicted molar refractivity (Wildman–Crippen MR) is 68.6 cm³/mol. The first kappa shape index (κ1) is 12.4. The molecule has 2 atom stereocenters. The monoisotopic (exact) mass is 235 g/mol. The number of rotatable bonds is 3. The van der Waals surface area contributed by atoms with Crippen molar-refractivity contribution >= 4 is 0 Å². The largest absolute Gasteiger partial charge is 0.488 e. The summed E-state index contributed by atoms with van der Waals surface area (Å²) in [6.07, 6.45) is 1.29. The van der Waals surface area contributed by atoms with Crippen LogP contribution in [-0.4, -0.2) is 32.4 Å². The Kier molecular flexibility index (Phi) is 4.02. The number of benzene rings is 1. The molecule has 0 bridgehead atoms. The van der Waals surface area contributed by atoms with Gasteiger partial charge >= 0.3 is 0 Å². The van der Waals surface area contributed by atoms with Crippen LogP contribution in [0.4, 0.5) is 0 Å². The second-order valence-corrected chi connectivity index (χ2v) is 4.67. The molecule has 1 N–H and O–H groups in total. The lowest BCUT2D eigenvalue weighted by Crippen LogP contribution is -2.47. The number of ether oxygens (including phenoxy) is 2. The fourth-order valence-electron chi connectivity index (χ4n) is 2.14. The van der Waals surface area contributed by atoms with Crippen LogP contribution in [0.1, 0.15) is 17.5 Å². The summed E-state index contributed by atoms with van der Waals surface area (Å²) in [5.74, 6) is 0.946. The van der Waals surface area contributed by atoms with Crippen LogP contribution >= 0.6 is 0 Å². The van der Waals surface area contributed by atoms with E-state index in [1.807, 2.05) is 6.07 Å². The zero-order chi connectivity index (χ0) is 12.3. The summed E-state index contributed by atoms with van der Waals surface area (Å²) in [4.78, 5) is 0. The Labute approximate surface area is 103 Å². The van der Waals surface area contributed by atoms with Crippen molar-refractivity contribution < 1.29 is 9.47 Å². The predicted octanol–water partition coefficient (Wildman–Crippen LogP) is 2.06. The van der Waals surface area contributed by atoms with Crippen LogP contribution in [0, 0.1) is 13.8 Å². The van der Waals surface area contributed by atoms with Crippen LogP contribution in [0.2, 0.25) is 0 Å². The number of nitrogens with one attached hydrogen (secondary N) is 1. The van der Waals surface area contributed by atoms with Crippen LogP contribution in [0.15, 0.2) is 18.2 Å². The van der Waals surface area contributed by atoms with Gasteiger partial charge < -0.3 is 14.8 Å². The quantitative estimate of drug-likeness (QED) is 0.870. The van der Waals surface area contributed by atoms with Crippen molar-refractivity contribution in [3.63, 3.8) is 0 Å². The van der Waals surface area contributed by atoms with E-state index in [4.69, 9.17) is 9.47 Å². The average Bonchev–Trinajstić information content (AvgIpc) is 2.34. The molecular weight excluding hydrogens is 214 g/mol. The molecule has 0 amide bonds. The van der Waals surface area contributed by atoms with Gasteiger partial charge in [-0.25, -0.2) is 0 Å². The Hall–Kier alpha value is -1.06. The van der Waals surface area contributed by atoms with Gasteiger partial charge in [-0.1, -0.05) is 6.07 Å². The molecule has 0 spiro atoms. The molecule has 3 heteroatoms. The average molecular weight is 235 g/mol. The fraction of sp³-hybridized carbons (Fsp3) is 0.571. The molecule has 1 aromatic carbocycles. The van der Waals surface area contributed by atoms with Gasteiger partial charge in [0, 0.05) is 13.7 Å². The van der Waals surface area contributed by atoms with Crippen LogP contribution in [0.25, 0.3) is 0 Å². The Morgan fingerprint density at radius 2 is 2.00 bits per heavy atom.